The van der Waals surface area contributed by atoms with E-state index in [-0.39, 0.29) is 19.1 Å². The average Bonchev–Trinajstić information content (AvgIpc) is 2.81. The molecule has 1 saturated heterocycles. The van der Waals surface area contributed by atoms with E-state index in [1.54, 1.807) is 55.5 Å². The van der Waals surface area contributed by atoms with E-state index in [9.17, 15) is 9.59 Å². The summed E-state index contributed by atoms with van der Waals surface area (Å²) in [7, 11) is 0. The number of amides is 3. The Morgan fingerprint density at radius 1 is 1.08 bits per heavy atom. The topological polar surface area (TPSA) is 58.6 Å². The maximum atomic E-state index is 12.8. The number of rotatable bonds is 5. The summed E-state index contributed by atoms with van der Waals surface area (Å²) >= 11 is 12.0. The third kappa shape index (κ3) is 3.43. The Kier molecular flexibility index (Phi) is 4.88. The molecule has 1 atom stereocenters. The molecule has 3 rings (SSSR count). The predicted molar refractivity (Wildman–Crippen MR) is 96.0 cm³/mol. The van der Waals surface area contributed by atoms with Crippen LogP contribution in [0.1, 0.15) is 12.5 Å². The number of hydrogen-bond acceptors (Lipinski definition) is 3. The zero-order valence-electron chi connectivity index (χ0n) is 13.5. The number of imide groups is 1. The van der Waals surface area contributed by atoms with E-state index >= 15 is 0 Å². The molecule has 2 aromatic carbocycles. The van der Waals surface area contributed by atoms with Gasteiger partial charge in [-0.3, -0.25) is 9.69 Å². The van der Waals surface area contributed by atoms with Gasteiger partial charge in [0.25, 0.3) is 5.91 Å². The Labute approximate surface area is 155 Å². The van der Waals surface area contributed by atoms with Gasteiger partial charge in [-0.25, -0.2) is 4.79 Å². The summed E-state index contributed by atoms with van der Waals surface area (Å²) in [5.74, 6) is 0.260. The van der Waals surface area contributed by atoms with Crippen LogP contribution < -0.4 is 10.1 Å². The number of halogens is 2. The molecule has 1 aliphatic rings. The molecule has 1 N–H and O–H groups in total. The van der Waals surface area contributed by atoms with Crippen LogP contribution in [0.25, 0.3) is 0 Å². The monoisotopic (exact) mass is 378 g/mol. The van der Waals surface area contributed by atoms with Gasteiger partial charge in [0.05, 0.1) is 6.54 Å². The van der Waals surface area contributed by atoms with Crippen molar-refractivity contribution >= 4 is 35.1 Å². The molecule has 0 radical (unpaired) electrons. The summed E-state index contributed by atoms with van der Waals surface area (Å²) in [6.45, 7) is 1.96. The Morgan fingerprint density at radius 2 is 1.76 bits per heavy atom. The quantitative estimate of drug-likeness (QED) is 0.804. The first kappa shape index (κ1) is 17.6. The lowest BCUT2D eigenvalue weighted by Gasteiger charge is -2.23. The molecule has 7 heteroatoms. The number of hydrogen-bond donors (Lipinski definition) is 1. The number of nitrogens with one attached hydrogen (secondary N) is 1. The minimum atomic E-state index is -1.18. The second-order valence-electron chi connectivity index (χ2n) is 5.79. The van der Waals surface area contributed by atoms with Crippen LogP contribution in [0.4, 0.5) is 4.79 Å². The molecule has 3 amide bonds. The standard InChI is InChI=1S/C18H16Cl2N2O3/c1-18(14-4-2-3-5-15(14)20)16(23)22(17(24)21-18)10-11-25-13-8-6-12(19)7-9-13/h2-9H,10-11H2,1H3,(H,21,24)/t18-/m1/s1. The zero-order valence-corrected chi connectivity index (χ0v) is 15.0. The van der Waals surface area contributed by atoms with Crippen molar-refractivity contribution in [1.29, 1.82) is 0 Å². The average molecular weight is 379 g/mol. The molecule has 25 heavy (non-hydrogen) atoms. The third-order valence-corrected chi connectivity index (χ3v) is 4.67. The van der Waals surface area contributed by atoms with Crippen LogP contribution in [0.15, 0.2) is 48.5 Å². The van der Waals surface area contributed by atoms with E-state index in [2.05, 4.69) is 5.32 Å². The molecular weight excluding hydrogens is 363 g/mol. The lowest BCUT2D eigenvalue weighted by molar-refractivity contribution is -0.131. The van der Waals surface area contributed by atoms with Gasteiger partial charge in [-0.05, 0) is 37.3 Å². The fraction of sp³-hybridized carbons (Fsp3) is 0.222. The van der Waals surface area contributed by atoms with Gasteiger partial charge < -0.3 is 10.1 Å². The fourth-order valence-corrected chi connectivity index (χ4v) is 3.19. The normalized spacial score (nSPS) is 19.9. The molecule has 0 spiro atoms. The molecule has 130 valence electrons. The van der Waals surface area contributed by atoms with Crippen LogP contribution in [0, 0.1) is 0 Å². The van der Waals surface area contributed by atoms with Crippen molar-refractivity contribution in [3.63, 3.8) is 0 Å². The number of benzene rings is 2. The van der Waals surface area contributed by atoms with Gasteiger partial charge >= 0.3 is 6.03 Å². The largest absolute Gasteiger partial charge is 0.492 e. The molecule has 0 saturated carbocycles. The molecule has 0 unspecified atom stereocenters. The highest BCUT2D eigenvalue weighted by Gasteiger charge is 2.49. The predicted octanol–water partition coefficient (Wildman–Crippen LogP) is 3.84. The maximum Gasteiger partial charge on any atom is 0.325 e. The highest BCUT2D eigenvalue weighted by atomic mass is 35.5. The first-order valence-corrected chi connectivity index (χ1v) is 8.45. The van der Waals surface area contributed by atoms with Crippen LogP contribution >= 0.6 is 23.2 Å². The Hall–Kier alpha value is -2.24. The van der Waals surface area contributed by atoms with Crippen LogP contribution in [0.2, 0.25) is 10.0 Å². The van der Waals surface area contributed by atoms with Crippen molar-refractivity contribution in [3.8, 4) is 5.75 Å². The Bertz CT molecular complexity index is 810. The highest BCUT2D eigenvalue weighted by molar-refractivity contribution is 6.32. The van der Waals surface area contributed by atoms with E-state index in [1.165, 1.54) is 0 Å². The van der Waals surface area contributed by atoms with Gasteiger partial charge in [0.2, 0.25) is 0 Å². The summed E-state index contributed by atoms with van der Waals surface area (Å²) in [5.41, 5.74) is -0.619. The number of carbonyl (C=O) groups excluding carboxylic acids is 2. The maximum absolute atomic E-state index is 12.8. The van der Waals surface area contributed by atoms with Gasteiger partial charge in [0.15, 0.2) is 0 Å². The van der Waals surface area contributed by atoms with Gasteiger partial charge in [-0.15, -0.1) is 0 Å². The molecule has 0 aliphatic carbocycles. The van der Waals surface area contributed by atoms with Gasteiger partial charge in [-0.1, -0.05) is 41.4 Å². The van der Waals surface area contributed by atoms with E-state index in [0.717, 1.165) is 4.90 Å². The van der Waals surface area contributed by atoms with Crippen molar-refractivity contribution < 1.29 is 14.3 Å². The zero-order chi connectivity index (χ0) is 18.0. The van der Waals surface area contributed by atoms with Gasteiger partial charge in [0.1, 0.15) is 17.9 Å². The molecule has 1 fully saturated rings. The summed E-state index contributed by atoms with van der Waals surface area (Å²) in [6, 6.07) is 13.4. The van der Waals surface area contributed by atoms with E-state index in [4.69, 9.17) is 27.9 Å². The number of nitrogens with zero attached hydrogens (tertiary/aromatic N) is 1. The molecule has 2 aromatic rings. The second-order valence-corrected chi connectivity index (χ2v) is 6.64. The number of carbonyl (C=O) groups is 2. The molecule has 1 aliphatic heterocycles. The van der Waals surface area contributed by atoms with Crippen LogP contribution in [0.5, 0.6) is 5.75 Å². The van der Waals surface area contributed by atoms with Crippen molar-refractivity contribution in [2.45, 2.75) is 12.5 Å². The summed E-state index contributed by atoms with van der Waals surface area (Å²) in [5, 5.41) is 3.76. The third-order valence-electron chi connectivity index (χ3n) is 4.08. The summed E-state index contributed by atoms with van der Waals surface area (Å²) in [6.07, 6.45) is 0. The molecule has 1 heterocycles. The molecular formula is C18H16Cl2N2O3. The van der Waals surface area contributed by atoms with Crippen molar-refractivity contribution in [3.05, 3.63) is 64.1 Å². The number of ether oxygens (including phenoxy) is 1. The van der Waals surface area contributed by atoms with Crippen LogP contribution in [-0.4, -0.2) is 30.0 Å². The van der Waals surface area contributed by atoms with Gasteiger partial charge in [-0.2, -0.15) is 0 Å². The SMILES string of the molecule is C[C@]1(c2ccccc2Cl)NC(=O)N(CCOc2ccc(Cl)cc2)C1=O. The summed E-state index contributed by atoms with van der Waals surface area (Å²) in [4.78, 5) is 26.2. The van der Waals surface area contributed by atoms with E-state index in [1.807, 2.05) is 0 Å². The Balaban J connectivity index is 1.69. The second kappa shape index (κ2) is 6.94. The molecule has 0 bridgehead atoms. The van der Waals surface area contributed by atoms with E-state index < -0.39 is 11.6 Å². The minimum absolute atomic E-state index is 0.132. The van der Waals surface area contributed by atoms with Crippen LogP contribution in [-0.2, 0) is 10.3 Å². The van der Waals surface area contributed by atoms with Gasteiger partial charge in [0, 0.05) is 15.6 Å². The molecule has 0 aromatic heterocycles. The van der Waals surface area contributed by atoms with Crippen molar-refractivity contribution in [2.75, 3.05) is 13.2 Å². The highest BCUT2D eigenvalue weighted by Crippen LogP contribution is 2.33. The summed E-state index contributed by atoms with van der Waals surface area (Å²) < 4.78 is 5.56. The van der Waals surface area contributed by atoms with Crippen molar-refractivity contribution in [1.82, 2.24) is 10.2 Å². The Morgan fingerprint density at radius 3 is 2.44 bits per heavy atom. The minimum Gasteiger partial charge on any atom is -0.492 e. The smallest absolute Gasteiger partial charge is 0.325 e. The molecule has 5 nitrogen and oxygen atoms in total. The van der Waals surface area contributed by atoms with Crippen LogP contribution in [0.3, 0.4) is 0 Å². The fourth-order valence-electron chi connectivity index (χ4n) is 2.73. The lowest BCUT2D eigenvalue weighted by atomic mass is 9.92. The lowest BCUT2D eigenvalue weighted by Crippen LogP contribution is -2.41. The first-order valence-electron chi connectivity index (χ1n) is 7.69. The van der Waals surface area contributed by atoms with Crippen molar-refractivity contribution in [2.24, 2.45) is 0 Å². The van der Waals surface area contributed by atoms with E-state index in [0.29, 0.717) is 21.4 Å². The number of urea groups is 1. The first-order chi connectivity index (χ1) is 11.9.